The van der Waals surface area contributed by atoms with E-state index in [1.165, 1.54) is 71.0 Å². The second-order valence-corrected chi connectivity index (χ2v) is 5.75. The minimum atomic E-state index is 0.760. The lowest BCUT2D eigenvalue weighted by molar-refractivity contribution is 0.0627. The fourth-order valence-electron chi connectivity index (χ4n) is 3.49. The largest absolute Gasteiger partial charge is 0.385 e. The molecule has 0 radical (unpaired) electrons. The van der Waals surface area contributed by atoms with Gasteiger partial charge < -0.3 is 9.64 Å². The molecule has 1 saturated carbocycles. The van der Waals surface area contributed by atoms with Crippen molar-refractivity contribution in [2.45, 2.75) is 51.4 Å². The second-order valence-electron chi connectivity index (χ2n) is 5.75. The van der Waals surface area contributed by atoms with Crippen molar-refractivity contribution in [2.24, 2.45) is 5.41 Å². The van der Waals surface area contributed by atoms with E-state index in [0.29, 0.717) is 0 Å². The Morgan fingerprint density at radius 3 is 2.31 bits per heavy atom. The molecule has 1 saturated heterocycles. The molecule has 2 rings (SSSR count). The lowest BCUT2D eigenvalue weighted by Crippen LogP contribution is -2.41. The third-order valence-corrected chi connectivity index (χ3v) is 4.65. The van der Waals surface area contributed by atoms with Gasteiger partial charge in [0.15, 0.2) is 0 Å². The molecule has 94 valence electrons. The maximum Gasteiger partial charge on any atom is 0.0474 e. The van der Waals surface area contributed by atoms with Gasteiger partial charge in [-0.3, -0.25) is 0 Å². The van der Waals surface area contributed by atoms with Crippen molar-refractivity contribution in [3.8, 4) is 0 Å². The lowest BCUT2D eigenvalue weighted by atomic mass is 9.68. The Balaban J connectivity index is 1.69. The van der Waals surface area contributed by atoms with Crippen molar-refractivity contribution in [1.82, 2.24) is 4.90 Å². The molecule has 0 unspecified atom stereocenters. The molecule has 1 aliphatic carbocycles. The molecule has 16 heavy (non-hydrogen) atoms. The average molecular weight is 225 g/mol. The third kappa shape index (κ3) is 3.21. The van der Waals surface area contributed by atoms with Crippen molar-refractivity contribution in [3.05, 3.63) is 0 Å². The molecule has 2 aliphatic rings. The van der Waals surface area contributed by atoms with Gasteiger partial charge in [0.25, 0.3) is 0 Å². The van der Waals surface area contributed by atoms with Crippen LogP contribution in [0.3, 0.4) is 0 Å². The summed E-state index contributed by atoms with van der Waals surface area (Å²) < 4.78 is 5.12. The standard InChI is InChI=1S/C14H27NO/c1-16-13-5-10-15-11-8-14(9-12-15)6-3-2-4-7-14/h2-13H2,1H3. The summed E-state index contributed by atoms with van der Waals surface area (Å²) in [5.41, 5.74) is 0.760. The number of piperidine rings is 1. The van der Waals surface area contributed by atoms with Crippen LogP contribution >= 0.6 is 0 Å². The van der Waals surface area contributed by atoms with Gasteiger partial charge in [-0.1, -0.05) is 19.3 Å². The van der Waals surface area contributed by atoms with Crippen LogP contribution in [0.4, 0.5) is 0 Å². The molecule has 1 aliphatic heterocycles. The zero-order valence-corrected chi connectivity index (χ0v) is 10.8. The molecule has 0 aromatic carbocycles. The Morgan fingerprint density at radius 2 is 1.69 bits per heavy atom. The molecule has 1 spiro atoms. The first-order valence-electron chi connectivity index (χ1n) is 7.06. The Labute approximate surface area is 100 Å². The number of nitrogens with zero attached hydrogens (tertiary/aromatic N) is 1. The van der Waals surface area contributed by atoms with E-state index >= 15 is 0 Å². The van der Waals surface area contributed by atoms with Crippen LogP contribution in [-0.4, -0.2) is 38.3 Å². The first-order valence-corrected chi connectivity index (χ1v) is 7.06. The zero-order valence-electron chi connectivity index (χ0n) is 10.8. The summed E-state index contributed by atoms with van der Waals surface area (Å²) in [7, 11) is 1.80. The van der Waals surface area contributed by atoms with Gasteiger partial charge in [0.2, 0.25) is 0 Å². The normalized spacial score (nSPS) is 26.1. The van der Waals surface area contributed by atoms with Gasteiger partial charge in [-0.2, -0.15) is 0 Å². The Hall–Kier alpha value is -0.0800. The summed E-state index contributed by atoms with van der Waals surface area (Å²) in [6.07, 6.45) is 11.6. The SMILES string of the molecule is COCCCN1CCC2(CCCCC2)CC1. The maximum atomic E-state index is 5.12. The number of ether oxygens (including phenoxy) is 1. The first kappa shape index (κ1) is 12.4. The van der Waals surface area contributed by atoms with Gasteiger partial charge in [-0.05, 0) is 50.6 Å². The van der Waals surface area contributed by atoms with Crippen LogP contribution in [0, 0.1) is 5.41 Å². The summed E-state index contributed by atoms with van der Waals surface area (Å²) in [6, 6.07) is 0. The van der Waals surface area contributed by atoms with Crippen LogP contribution < -0.4 is 0 Å². The highest BCUT2D eigenvalue weighted by Crippen LogP contribution is 2.44. The molecule has 2 heteroatoms. The molecular formula is C14H27NO. The van der Waals surface area contributed by atoms with Crippen molar-refractivity contribution >= 4 is 0 Å². The van der Waals surface area contributed by atoms with Gasteiger partial charge in [0, 0.05) is 20.3 Å². The summed E-state index contributed by atoms with van der Waals surface area (Å²) >= 11 is 0. The molecule has 0 N–H and O–H groups in total. The molecule has 0 atom stereocenters. The highest BCUT2D eigenvalue weighted by Gasteiger charge is 2.35. The molecular weight excluding hydrogens is 198 g/mol. The molecule has 2 fully saturated rings. The molecule has 0 aromatic rings. The van der Waals surface area contributed by atoms with Crippen molar-refractivity contribution in [1.29, 1.82) is 0 Å². The minimum absolute atomic E-state index is 0.760. The lowest BCUT2D eigenvalue weighted by Gasteiger charge is -2.44. The van der Waals surface area contributed by atoms with E-state index in [0.717, 1.165) is 12.0 Å². The van der Waals surface area contributed by atoms with Gasteiger partial charge in [-0.15, -0.1) is 0 Å². The van der Waals surface area contributed by atoms with Crippen molar-refractivity contribution in [2.75, 3.05) is 33.4 Å². The quantitative estimate of drug-likeness (QED) is 0.682. The van der Waals surface area contributed by atoms with E-state index < -0.39 is 0 Å². The maximum absolute atomic E-state index is 5.12. The summed E-state index contributed by atoms with van der Waals surface area (Å²) in [5.74, 6) is 0. The van der Waals surface area contributed by atoms with Crippen LogP contribution in [0.1, 0.15) is 51.4 Å². The topological polar surface area (TPSA) is 12.5 Å². The number of rotatable bonds is 4. The highest BCUT2D eigenvalue weighted by atomic mass is 16.5. The Kier molecular flexibility index (Phi) is 4.66. The fourth-order valence-corrected chi connectivity index (χ4v) is 3.49. The molecule has 0 aromatic heterocycles. The second kappa shape index (κ2) is 6.02. The first-order chi connectivity index (χ1) is 7.85. The van der Waals surface area contributed by atoms with E-state index in [-0.39, 0.29) is 0 Å². The van der Waals surface area contributed by atoms with Crippen LogP contribution in [0.25, 0.3) is 0 Å². The smallest absolute Gasteiger partial charge is 0.0474 e. The van der Waals surface area contributed by atoms with E-state index in [2.05, 4.69) is 4.90 Å². The fraction of sp³-hybridized carbons (Fsp3) is 1.00. The summed E-state index contributed by atoms with van der Waals surface area (Å²) in [5, 5.41) is 0. The minimum Gasteiger partial charge on any atom is -0.385 e. The van der Waals surface area contributed by atoms with E-state index in [4.69, 9.17) is 4.74 Å². The van der Waals surface area contributed by atoms with Crippen LogP contribution in [0.5, 0.6) is 0 Å². The van der Waals surface area contributed by atoms with Crippen molar-refractivity contribution in [3.63, 3.8) is 0 Å². The number of likely N-dealkylation sites (tertiary alicyclic amines) is 1. The average Bonchev–Trinajstić information content (AvgIpc) is 2.33. The monoisotopic (exact) mass is 225 g/mol. The third-order valence-electron chi connectivity index (χ3n) is 4.65. The summed E-state index contributed by atoms with van der Waals surface area (Å²) in [6.45, 7) is 4.83. The predicted molar refractivity (Wildman–Crippen MR) is 67.7 cm³/mol. The van der Waals surface area contributed by atoms with Crippen LogP contribution in [-0.2, 0) is 4.74 Å². The number of methoxy groups -OCH3 is 1. The molecule has 1 heterocycles. The van der Waals surface area contributed by atoms with Gasteiger partial charge in [0.1, 0.15) is 0 Å². The molecule has 0 amide bonds. The Bertz CT molecular complexity index is 189. The van der Waals surface area contributed by atoms with Crippen LogP contribution in [0.2, 0.25) is 0 Å². The molecule has 0 bridgehead atoms. The highest BCUT2D eigenvalue weighted by molar-refractivity contribution is 4.88. The number of hydrogen-bond acceptors (Lipinski definition) is 2. The Morgan fingerprint density at radius 1 is 1.00 bits per heavy atom. The van der Waals surface area contributed by atoms with Gasteiger partial charge in [0.05, 0.1) is 0 Å². The van der Waals surface area contributed by atoms with Gasteiger partial charge >= 0.3 is 0 Å². The zero-order chi connectivity index (χ0) is 11.3. The van der Waals surface area contributed by atoms with E-state index in [9.17, 15) is 0 Å². The van der Waals surface area contributed by atoms with E-state index in [1.807, 2.05) is 0 Å². The number of hydrogen-bond donors (Lipinski definition) is 0. The van der Waals surface area contributed by atoms with Gasteiger partial charge in [-0.25, -0.2) is 0 Å². The summed E-state index contributed by atoms with van der Waals surface area (Å²) in [4.78, 5) is 2.64. The molecule has 2 nitrogen and oxygen atoms in total. The van der Waals surface area contributed by atoms with E-state index in [1.54, 1.807) is 7.11 Å². The van der Waals surface area contributed by atoms with Crippen molar-refractivity contribution < 1.29 is 4.74 Å². The van der Waals surface area contributed by atoms with Crippen LogP contribution in [0.15, 0.2) is 0 Å². The predicted octanol–water partition coefficient (Wildman–Crippen LogP) is 3.07.